The molecule has 1 N–H and O–H groups in total. The number of benzene rings is 1. The van der Waals surface area contributed by atoms with Crippen molar-refractivity contribution in [2.45, 2.75) is 46.0 Å². The van der Waals surface area contributed by atoms with Crippen LogP contribution in [0.3, 0.4) is 0 Å². The summed E-state index contributed by atoms with van der Waals surface area (Å²) >= 11 is 0. The van der Waals surface area contributed by atoms with Gasteiger partial charge in [0, 0.05) is 35.8 Å². The summed E-state index contributed by atoms with van der Waals surface area (Å²) in [6.07, 6.45) is 9.81. The van der Waals surface area contributed by atoms with Crippen LogP contribution in [0.4, 0.5) is 5.69 Å². The molecule has 6 heteroatoms. The Kier molecular flexibility index (Phi) is 5.16. The van der Waals surface area contributed by atoms with Gasteiger partial charge in [-0.25, -0.2) is 4.99 Å². The summed E-state index contributed by atoms with van der Waals surface area (Å²) in [6, 6.07) is 5.90. The normalized spacial score (nSPS) is 26.1. The maximum atomic E-state index is 12.9. The fourth-order valence-electron chi connectivity index (χ4n) is 5.06. The van der Waals surface area contributed by atoms with Gasteiger partial charge in [-0.2, -0.15) is 0 Å². The van der Waals surface area contributed by atoms with Crippen LogP contribution >= 0.6 is 0 Å². The highest BCUT2D eigenvalue weighted by Crippen LogP contribution is 2.38. The molecule has 2 aliphatic heterocycles. The quantitative estimate of drug-likeness (QED) is 0.779. The fraction of sp³-hybridized carbons (Fsp3) is 0.385. The van der Waals surface area contributed by atoms with E-state index in [9.17, 15) is 14.4 Å². The molecule has 1 aromatic rings. The Balaban J connectivity index is 1.33. The molecule has 0 radical (unpaired) electrons. The second-order valence-electron chi connectivity index (χ2n) is 9.15. The molecule has 0 spiro atoms. The molecule has 2 unspecified atom stereocenters. The van der Waals surface area contributed by atoms with Crippen LogP contribution in [-0.4, -0.2) is 30.0 Å². The molecule has 5 rings (SSSR count). The first-order chi connectivity index (χ1) is 15.4. The Hall–Kier alpha value is -3.28. The van der Waals surface area contributed by atoms with Crippen LogP contribution in [-0.2, 0) is 14.4 Å². The van der Waals surface area contributed by atoms with E-state index in [0.29, 0.717) is 12.3 Å². The molecule has 32 heavy (non-hydrogen) atoms. The van der Waals surface area contributed by atoms with Gasteiger partial charge in [-0.3, -0.25) is 14.4 Å². The van der Waals surface area contributed by atoms with Crippen molar-refractivity contribution in [1.82, 2.24) is 5.32 Å². The van der Waals surface area contributed by atoms with Crippen LogP contribution in [0.2, 0.25) is 0 Å². The number of aryl methyl sites for hydroxylation is 2. The number of fused-ring (bicyclic) bond motifs is 2. The van der Waals surface area contributed by atoms with Crippen molar-refractivity contribution >= 4 is 29.1 Å². The zero-order valence-electron chi connectivity index (χ0n) is 18.5. The van der Waals surface area contributed by atoms with Gasteiger partial charge in [-0.1, -0.05) is 12.1 Å². The van der Waals surface area contributed by atoms with E-state index < -0.39 is 5.92 Å². The summed E-state index contributed by atoms with van der Waals surface area (Å²) < 4.78 is 0. The number of carbonyl (C=O) groups is 3. The molecule has 2 heterocycles. The van der Waals surface area contributed by atoms with Crippen molar-refractivity contribution in [1.29, 1.82) is 0 Å². The molecule has 2 atom stereocenters. The van der Waals surface area contributed by atoms with Gasteiger partial charge in [0.05, 0.1) is 11.6 Å². The van der Waals surface area contributed by atoms with Gasteiger partial charge in [0.25, 0.3) is 11.8 Å². The van der Waals surface area contributed by atoms with Crippen molar-refractivity contribution in [3.8, 4) is 0 Å². The molecule has 3 amide bonds. The number of amides is 3. The first-order valence-corrected chi connectivity index (χ1v) is 11.3. The number of rotatable bonds is 2. The van der Waals surface area contributed by atoms with E-state index in [1.165, 1.54) is 11.1 Å². The molecule has 2 aliphatic carbocycles. The molecule has 0 saturated carbocycles. The predicted octanol–water partition coefficient (Wildman–Crippen LogP) is 3.69. The van der Waals surface area contributed by atoms with Crippen LogP contribution in [0, 0.1) is 25.7 Å². The second-order valence-corrected chi connectivity index (χ2v) is 9.15. The molecule has 0 aromatic heterocycles. The molecular formula is C26H27N3O3. The first-order valence-electron chi connectivity index (χ1n) is 11.3. The third kappa shape index (κ3) is 3.64. The minimum atomic E-state index is -0.463. The van der Waals surface area contributed by atoms with E-state index in [2.05, 4.69) is 10.3 Å². The van der Waals surface area contributed by atoms with Crippen molar-refractivity contribution in [2.24, 2.45) is 16.8 Å². The zero-order valence-corrected chi connectivity index (χ0v) is 18.5. The van der Waals surface area contributed by atoms with Crippen molar-refractivity contribution < 1.29 is 14.4 Å². The Morgan fingerprint density at radius 3 is 2.75 bits per heavy atom. The number of hydrogen-bond donors (Lipinski definition) is 1. The minimum Gasteiger partial charge on any atom is -0.325 e. The number of nitrogens with zero attached hydrogens (tertiary/aromatic N) is 2. The SMILES string of the molecule is Cc1ccc(N2CC(C(=O)N=C3C=CC4C(=C3)NC(=O)C3=C4CCCC3)CC2=O)cc1C. The smallest absolute Gasteiger partial charge is 0.251 e. The number of hydrogen-bond acceptors (Lipinski definition) is 3. The van der Waals surface area contributed by atoms with Crippen molar-refractivity contribution in [3.05, 3.63) is 64.4 Å². The summed E-state index contributed by atoms with van der Waals surface area (Å²) in [5, 5.41) is 2.99. The number of nitrogens with one attached hydrogen (secondary N) is 1. The van der Waals surface area contributed by atoms with Crippen LogP contribution in [0.25, 0.3) is 0 Å². The highest BCUT2D eigenvalue weighted by molar-refractivity contribution is 6.13. The average molecular weight is 430 g/mol. The predicted molar refractivity (Wildman–Crippen MR) is 123 cm³/mol. The Morgan fingerprint density at radius 1 is 1.12 bits per heavy atom. The van der Waals surface area contributed by atoms with Gasteiger partial charge in [0.15, 0.2) is 0 Å². The van der Waals surface area contributed by atoms with Gasteiger partial charge in [-0.15, -0.1) is 0 Å². The Labute approximate surface area is 187 Å². The molecular weight excluding hydrogens is 402 g/mol. The summed E-state index contributed by atoms with van der Waals surface area (Å²) in [6.45, 7) is 4.39. The number of carbonyl (C=O) groups excluding carboxylic acids is 3. The molecule has 1 aromatic carbocycles. The lowest BCUT2D eigenvalue weighted by Gasteiger charge is -2.33. The number of aliphatic imine (C=N–C) groups is 1. The van der Waals surface area contributed by atoms with E-state index in [4.69, 9.17) is 0 Å². The number of allylic oxidation sites excluding steroid dienone is 3. The van der Waals surface area contributed by atoms with Crippen molar-refractivity contribution in [2.75, 3.05) is 11.4 Å². The molecule has 6 nitrogen and oxygen atoms in total. The summed E-state index contributed by atoms with van der Waals surface area (Å²) in [5.74, 6) is -0.756. The lowest BCUT2D eigenvalue weighted by molar-refractivity contribution is -0.123. The van der Waals surface area contributed by atoms with Crippen LogP contribution in [0.1, 0.15) is 43.2 Å². The summed E-state index contributed by atoms with van der Waals surface area (Å²) in [5.41, 5.74) is 6.56. The zero-order chi connectivity index (χ0) is 22.4. The van der Waals surface area contributed by atoms with Crippen LogP contribution < -0.4 is 10.2 Å². The summed E-state index contributed by atoms with van der Waals surface area (Å²) in [7, 11) is 0. The lowest BCUT2D eigenvalue weighted by Crippen LogP contribution is -2.37. The second kappa shape index (κ2) is 8.01. The maximum Gasteiger partial charge on any atom is 0.251 e. The topological polar surface area (TPSA) is 78.8 Å². The first kappa shape index (κ1) is 20.6. The third-order valence-corrected chi connectivity index (χ3v) is 7.03. The molecule has 1 fully saturated rings. The Bertz CT molecular complexity index is 1150. The Morgan fingerprint density at radius 2 is 1.94 bits per heavy atom. The maximum absolute atomic E-state index is 12.9. The monoisotopic (exact) mass is 429 g/mol. The average Bonchev–Trinajstić information content (AvgIpc) is 3.17. The standard InChI is InChI=1S/C26H27N3O3/c1-15-7-9-19(11-16(15)2)29-14-17(12-24(29)30)25(31)27-18-8-10-21-20-5-3-4-6-22(20)26(32)28-23(21)13-18/h7-11,13,17,21H,3-6,12,14H2,1-2H3,(H,28,32). The highest BCUT2D eigenvalue weighted by atomic mass is 16.2. The van der Waals surface area contributed by atoms with Gasteiger partial charge >= 0.3 is 0 Å². The van der Waals surface area contributed by atoms with E-state index in [0.717, 1.165) is 48.2 Å². The number of anilines is 1. The highest BCUT2D eigenvalue weighted by Gasteiger charge is 2.36. The van der Waals surface area contributed by atoms with E-state index >= 15 is 0 Å². The van der Waals surface area contributed by atoms with Crippen LogP contribution in [0.5, 0.6) is 0 Å². The summed E-state index contributed by atoms with van der Waals surface area (Å²) in [4.78, 5) is 43.9. The van der Waals surface area contributed by atoms with Gasteiger partial charge < -0.3 is 10.2 Å². The van der Waals surface area contributed by atoms with Gasteiger partial charge in [-0.05, 0) is 80.5 Å². The molecule has 4 aliphatic rings. The largest absolute Gasteiger partial charge is 0.325 e. The lowest BCUT2D eigenvalue weighted by atomic mass is 9.77. The van der Waals surface area contributed by atoms with E-state index in [-0.39, 0.29) is 30.1 Å². The van der Waals surface area contributed by atoms with Crippen molar-refractivity contribution in [3.63, 3.8) is 0 Å². The molecule has 164 valence electrons. The minimum absolute atomic E-state index is 0.0198. The van der Waals surface area contributed by atoms with Gasteiger partial charge in [0.2, 0.25) is 5.91 Å². The third-order valence-electron chi connectivity index (χ3n) is 7.03. The van der Waals surface area contributed by atoms with Crippen LogP contribution in [0.15, 0.2) is 58.3 Å². The van der Waals surface area contributed by atoms with E-state index in [1.807, 2.05) is 44.2 Å². The molecule has 1 saturated heterocycles. The van der Waals surface area contributed by atoms with Gasteiger partial charge in [0.1, 0.15) is 0 Å². The van der Waals surface area contributed by atoms with E-state index in [1.54, 1.807) is 11.0 Å². The molecule has 0 bridgehead atoms. The fourth-order valence-corrected chi connectivity index (χ4v) is 5.06.